The van der Waals surface area contributed by atoms with Crippen molar-refractivity contribution in [3.63, 3.8) is 0 Å². The van der Waals surface area contributed by atoms with Gasteiger partial charge in [0, 0.05) is 24.2 Å². The second kappa shape index (κ2) is 7.00. The molecule has 0 aliphatic heterocycles. The molecule has 0 aromatic heterocycles. The molecule has 4 heteroatoms. The molecule has 0 unspecified atom stereocenters. The van der Waals surface area contributed by atoms with Gasteiger partial charge in [0.2, 0.25) is 0 Å². The zero-order valence-corrected chi connectivity index (χ0v) is 14.4. The first-order valence-corrected chi connectivity index (χ1v) is 8.89. The lowest BCUT2D eigenvalue weighted by molar-refractivity contribution is 0.0928. The van der Waals surface area contributed by atoms with E-state index in [1.54, 1.807) is 12.1 Å². The van der Waals surface area contributed by atoms with Crippen LogP contribution in [0.4, 0.5) is 0 Å². The zero-order valence-electron chi connectivity index (χ0n) is 14.4. The van der Waals surface area contributed by atoms with Gasteiger partial charge in [-0.25, -0.2) is 0 Å². The highest BCUT2D eigenvalue weighted by Gasteiger charge is 2.18. The van der Waals surface area contributed by atoms with Gasteiger partial charge in [-0.2, -0.15) is 0 Å². The van der Waals surface area contributed by atoms with Crippen molar-refractivity contribution in [1.82, 2.24) is 10.6 Å². The molecular weight excluding hydrogens is 324 g/mol. The molecule has 0 radical (unpaired) electrons. The molecule has 1 aliphatic rings. The maximum absolute atomic E-state index is 12.6. The third-order valence-electron chi connectivity index (χ3n) is 4.85. The monoisotopic (exact) mass is 344 g/mol. The summed E-state index contributed by atoms with van der Waals surface area (Å²) in [5, 5.41) is 7.97. The van der Waals surface area contributed by atoms with Crippen LogP contribution in [-0.4, -0.2) is 24.9 Å². The van der Waals surface area contributed by atoms with Crippen molar-refractivity contribution in [2.45, 2.75) is 12.8 Å². The summed E-state index contributed by atoms with van der Waals surface area (Å²) in [6, 6.07) is 19.2. The van der Waals surface area contributed by atoms with Crippen molar-refractivity contribution in [2.75, 3.05) is 13.1 Å². The second-order valence-corrected chi connectivity index (χ2v) is 6.49. The average Bonchev–Trinajstić information content (AvgIpc) is 3.11. The molecule has 130 valence electrons. The van der Waals surface area contributed by atoms with E-state index in [1.807, 2.05) is 36.4 Å². The second-order valence-electron chi connectivity index (χ2n) is 6.49. The Morgan fingerprint density at radius 2 is 1.42 bits per heavy atom. The minimum Gasteiger partial charge on any atom is -0.350 e. The lowest BCUT2D eigenvalue weighted by Crippen LogP contribution is -2.34. The summed E-state index contributed by atoms with van der Waals surface area (Å²) < 4.78 is 0. The molecule has 2 amide bonds. The number of nitrogens with one attached hydrogen (secondary N) is 2. The van der Waals surface area contributed by atoms with Crippen molar-refractivity contribution >= 4 is 22.6 Å². The van der Waals surface area contributed by atoms with Crippen molar-refractivity contribution in [1.29, 1.82) is 0 Å². The summed E-state index contributed by atoms with van der Waals surface area (Å²) in [6.45, 7) is 0.779. The molecule has 2 N–H and O–H groups in total. The number of hydrogen-bond donors (Lipinski definition) is 2. The fraction of sp³-hybridized carbons (Fsp3) is 0.182. The Hall–Kier alpha value is -3.14. The number of rotatable bonds is 5. The van der Waals surface area contributed by atoms with Gasteiger partial charge < -0.3 is 10.6 Å². The van der Waals surface area contributed by atoms with Crippen LogP contribution in [0, 0.1) is 0 Å². The Morgan fingerprint density at radius 1 is 0.731 bits per heavy atom. The van der Waals surface area contributed by atoms with Gasteiger partial charge in [0.15, 0.2) is 0 Å². The summed E-state index contributed by atoms with van der Waals surface area (Å²) in [6.07, 6.45) is 2.09. The van der Waals surface area contributed by atoms with E-state index in [0.29, 0.717) is 24.2 Å². The van der Waals surface area contributed by atoms with Gasteiger partial charge in [-0.3, -0.25) is 9.59 Å². The van der Waals surface area contributed by atoms with Crippen LogP contribution in [-0.2, 0) is 12.8 Å². The fourth-order valence-corrected chi connectivity index (χ4v) is 3.58. The molecule has 0 saturated carbocycles. The number of amides is 2. The summed E-state index contributed by atoms with van der Waals surface area (Å²) in [5.41, 5.74) is 3.96. The highest BCUT2D eigenvalue weighted by molar-refractivity contribution is 6.09. The molecule has 4 rings (SSSR count). The van der Waals surface area contributed by atoms with E-state index in [9.17, 15) is 9.59 Å². The van der Waals surface area contributed by atoms with Gasteiger partial charge in [-0.05, 0) is 52.9 Å². The molecule has 3 aromatic carbocycles. The smallest absolute Gasteiger partial charge is 0.251 e. The Balaban J connectivity index is 1.39. The van der Waals surface area contributed by atoms with Crippen molar-refractivity contribution in [2.24, 2.45) is 0 Å². The van der Waals surface area contributed by atoms with Crippen LogP contribution in [0.1, 0.15) is 31.8 Å². The van der Waals surface area contributed by atoms with E-state index in [4.69, 9.17) is 0 Å². The summed E-state index contributed by atoms with van der Waals surface area (Å²) in [4.78, 5) is 24.6. The molecule has 1 aliphatic carbocycles. The Labute approximate surface area is 152 Å². The first kappa shape index (κ1) is 16.3. The van der Waals surface area contributed by atoms with E-state index < -0.39 is 0 Å². The average molecular weight is 344 g/mol. The normalized spacial score (nSPS) is 12.2. The van der Waals surface area contributed by atoms with Crippen LogP contribution in [0.25, 0.3) is 10.8 Å². The molecule has 26 heavy (non-hydrogen) atoms. The van der Waals surface area contributed by atoms with E-state index in [-0.39, 0.29) is 11.8 Å². The van der Waals surface area contributed by atoms with E-state index in [0.717, 1.165) is 18.2 Å². The molecule has 0 fully saturated rings. The van der Waals surface area contributed by atoms with Gasteiger partial charge >= 0.3 is 0 Å². The maximum atomic E-state index is 12.6. The summed E-state index contributed by atoms with van der Waals surface area (Å²) in [5.74, 6) is -0.236. The standard InChI is InChI=1S/C22H20N2O2/c25-21(17-5-2-1-3-6-17)23-13-14-24-22(26)19-12-11-16-10-9-15-7-4-8-18(19)20(15)16/h1-8,11-12H,9-10,13-14H2,(H,23,25)(H,24,26). The van der Waals surface area contributed by atoms with Crippen LogP contribution in [0.15, 0.2) is 60.7 Å². The highest BCUT2D eigenvalue weighted by Crippen LogP contribution is 2.32. The summed E-state index contributed by atoms with van der Waals surface area (Å²) in [7, 11) is 0. The van der Waals surface area contributed by atoms with Crippen LogP contribution < -0.4 is 10.6 Å². The number of carbonyl (C=O) groups is 2. The first-order valence-electron chi connectivity index (χ1n) is 8.89. The number of carbonyl (C=O) groups excluding carboxylic acids is 2. The van der Waals surface area contributed by atoms with Crippen molar-refractivity contribution < 1.29 is 9.59 Å². The molecule has 0 heterocycles. The molecule has 4 nitrogen and oxygen atoms in total. The van der Waals surface area contributed by atoms with Crippen molar-refractivity contribution in [3.8, 4) is 0 Å². The predicted molar refractivity (Wildman–Crippen MR) is 102 cm³/mol. The molecular formula is C22H20N2O2. The number of hydrogen-bond acceptors (Lipinski definition) is 2. The number of benzene rings is 3. The third kappa shape index (κ3) is 3.06. The largest absolute Gasteiger partial charge is 0.350 e. The van der Waals surface area contributed by atoms with E-state index in [1.165, 1.54) is 16.5 Å². The van der Waals surface area contributed by atoms with Crippen LogP contribution in [0.5, 0.6) is 0 Å². The van der Waals surface area contributed by atoms with Gasteiger partial charge in [-0.15, -0.1) is 0 Å². The maximum Gasteiger partial charge on any atom is 0.251 e. The minimum atomic E-state index is -0.134. The molecule has 0 bridgehead atoms. The molecule has 0 atom stereocenters. The summed E-state index contributed by atoms with van der Waals surface area (Å²) >= 11 is 0. The molecule has 0 spiro atoms. The molecule has 3 aromatic rings. The minimum absolute atomic E-state index is 0.102. The quantitative estimate of drug-likeness (QED) is 0.699. The van der Waals surface area contributed by atoms with Gasteiger partial charge in [-0.1, -0.05) is 42.5 Å². The van der Waals surface area contributed by atoms with Gasteiger partial charge in [0.05, 0.1) is 0 Å². The third-order valence-corrected chi connectivity index (χ3v) is 4.85. The van der Waals surface area contributed by atoms with E-state index in [2.05, 4.69) is 22.8 Å². The van der Waals surface area contributed by atoms with Crippen LogP contribution in [0.3, 0.4) is 0 Å². The van der Waals surface area contributed by atoms with Gasteiger partial charge in [0.25, 0.3) is 11.8 Å². The van der Waals surface area contributed by atoms with Crippen LogP contribution in [0.2, 0.25) is 0 Å². The fourth-order valence-electron chi connectivity index (χ4n) is 3.58. The number of aryl methyl sites for hydroxylation is 2. The van der Waals surface area contributed by atoms with Crippen molar-refractivity contribution in [3.05, 3.63) is 82.9 Å². The lowest BCUT2D eigenvalue weighted by Gasteiger charge is -2.10. The predicted octanol–water partition coefficient (Wildman–Crippen LogP) is 3.10. The highest BCUT2D eigenvalue weighted by atomic mass is 16.2. The Bertz CT molecular complexity index is 970. The van der Waals surface area contributed by atoms with Crippen LogP contribution >= 0.6 is 0 Å². The Kier molecular flexibility index (Phi) is 4.40. The lowest BCUT2D eigenvalue weighted by atomic mass is 9.99. The zero-order chi connectivity index (χ0) is 17.9. The topological polar surface area (TPSA) is 58.2 Å². The first-order chi connectivity index (χ1) is 12.7. The Morgan fingerprint density at radius 3 is 2.19 bits per heavy atom. The van der Waals surface area contributed by atoms with E-state index >= 15 is 0 Å². The molecule has 0 saturated heterocycles. The SMILES string of the molecule is O=C(NCCNC(=O)c1ccc2c3c(cccc13)CC2)c1ccccc1. The van der Waals surface area contributed by atoms with Gasteiger partial charge in [0.1, 0.15) is 0 Å².